The van der Waals surface area contributed by atoms with E-state index in [1.54, 1.807) is 0 Å². The van der Waals surface area contributed by atoms with Gasteiger partial charge < -0.3 is 0 Å². The summed E-state index contributed by atoms with van der Waals surface area (Å²) >= 11 is 2.76. The Morgan fingerprint density at radius 1 is 1.20 bits per heavy atom. The summed E-state index contributed by atoms with van der Waals surface area (Å²) in [7, 11) is 0. The Labute approximate surface area is 78.6 Å². The van der Waals surface area contributed by atoms with Crippen molar-refractivity contribution in [3.05, 3.63) is 0 Å². The van der Waals surface area contributed by atoms with Gasteiger partial charge in [0.15, 0.2) is 0 Å². The maximum atomic E-state index is 2.76. The minimum atomic E-state index is -1.27. The molecular formula is C8H20IP. The van der Waals surface area contributed by atoms with Crippen molar-refractivity contribution in [3.8, 4) is 0 Å². The summed E-state index contributed by atoms with van der Waals surface area (Å²) in [6.07, 6.45) is 2.78. The van der Waals surface area contributed by atoms with Crippen molar-refractivity contribution in [2.75, 3.05) is 19.0 Å². The van der Waals surface area contributed by atoms with Crippen molar-refractivity contribution in [1.82, 2.24) is 0 Å². The van der Waals surface area contributed by atoms with E-state index in [9.17, 15) is 0 Å². The second-order valence-corrected chi connectivity index (χ2v) is 18.6. The molecule has 0 aliphatic carbocycles. The van der Waals surface area contributed by atoms with Crippen molar-refractivity contribution in [1.29, 1.82) is 0 Å². The van der Waals surface area contributed by atoms with Crippen molar-refractivity contribution in [3.63, 3.8) is 0 Å². The molecule has 0 atom stereocenters. The van der Waals surface area contributed by atoms with E-state index in [0.717, 1.165) is 5.66 Å². The third-order valence-electron chi connectivity index (χ3n) is 3.13. The van der Waals surface area contributed by atoms with Crippen LogP contribution in [0.4, 0.5) is 0 Å². The van der Waals surface area contributed by atoms with Gasteiger partial charge in [-0.1, -0.05) is 0 Å². The van der Waals surface area contributed by atoms with Gasteiger partial charge in [-0.25, -0.2) is 0 Å². The summed E-state index contributed by atoms with van der Waals surface area (Å²) in [5.41, 5.74) is 0.890. The van der Waals surface area contributed by atoms with Crippen LogP contribution in [0.3, 0.4) is 0 Å². The van der Waals surface area contributed by atoms with Crippen molar-refractivity contribution >= 4 is 26.3 Å². The minimum absolute atomic E-state index is 0.890. The first-order chi connectivity index (χ1) is 4.35. The Balaban J connectivity index is 4.51. The zero-order valence-electron chi connectivity index (χ0n) is 7.82. The number of rotatable bonds is 3. The van der Waals surface area contributed by atoms with Gasteiger partial charge in [-0.15, -0.1) is 0 Å². The number of hydrogen-bond acceptors (Lipinski definition) is 0. The van der Waals surface area contributed by atoms with E-state index in [4.69, 9.17) is 0 Å². The molecule has 0 aromatic rings. The van der Waals surface area contributed by atoms with Crippen LogP contribution in [-0.2, 0) is 0 Å². The zero-order valence-corrected chi connectivity index (χ0v) is 10.9. The topological polar surface area (TPSA) is 0 Å². The fourth-order valence-corrected chi connectivity index (χ4v) is 2.86. The van der Waals surface area contributed by atoms with Crippen LogP contribution in [0.5, 0.6) is 0 Å². The molecule has 0 radical (unpaired) electrons. The van der Waals surface area contributed by atoms with Crippen LogP contribution in [-0.4, -0.2) is 24.6 Å². The van der Waals surface area contributed by atoms with E-state index in [-0.39, 0.29) is 0 Å². The zero-order chi connectivity index (χ0) is 8.44. The fourth-order valence-electron chi connectivity index (χ4n) is 0.954. The molecule has 0 nitrogen and oxygen atoms in total. The molecule has 0 saturated carbocycles. The van der Waals surface area contributed by atoms with Gasteiger partial charge in [-0.2, -0.15) is 0 Å². The van der Waals surface area contributed by atoms with Crippen LogP contribution in [0.1, 0.15) is 27.7 Å². The molecule has 0 rings (SSSR count). The van der Waals surface area contributed by atoms with E-state index in [1.165, 1.54) is 12.3 Å². The molecule has 0 aliphatic rings. The molecule has 0 amide bonds. The molecule has 64 valence electrons. The molecule has 0 aromatic carbocycles. The Bertz CT molecular complexity index is 110. The average molecular weight is 274 g/mol. The Kier molecular flexibility index (Phi) is 3.64. The molecule has 0 unspecified atom stereocenters. The second-order valence-electron chi connectivity index (χ2n) is 3.71. The van der Waals surface area contributed by atoms with Crippen molar-refractivity contribution < 1.29 is 0 Å². The molecule has 0 N–H and O–H groups in total. The van der Waals surface area contributed by atoms with Crippen molar-refractivity contribution in [2.24, 2.45) is 0 Å². The van der Waals surface area contributed by atoms with Crippen LogP contribution < -0.4 is 0 Å². The summed E-state index contributed by atoms with van der Waals surface area (Å²) < 4.78 is -1.27. The summed E-state index contributed by atoms with van der Waals surface area (Å²) in [6, 6.07) is 0. The predicted molar refractivity (Wildman–Crippen MR) is 63.1 cm³/mol. The Hall–Kier alpha value is 1.16. The first-order valence-corrected chi connectivity index (χ1v) is 9.98. The first-order valence-electron chi connectivity index (χ1n) is 4.08. The average Bonchev–Trinajstić information content (AvgIpc) is 1.89. The molecule has 0 saturated heterocycles. The van der Waals surface area contributed by atoms with E-state index >= 15 is 0 Å². The van der Waals surface area contributed by atoms with Gasteiger partial charge in [0.05, 0.1) is 0 Å². The fraction of sp³-hybridized carbons (Fsp3) is 1.00. The van der Waals surface area contributed by atoms with E-state index in [0.29, 0.717) is 0 Å². The monoisotopic (exact) mass is 274 g/mol. The standard InChI is InChI=1S/C8H20IP/c1-6-10(5,9,7-2)8(3)4/h8H,6-7H2,1-5H3. The van der Waals surface area contributed by atoms with Crippen LogP contribution in [0.2, 0.25) is 0 Å². The molecule has 2 heteroatoms. The molecule has 0 heterocycles. The van der Waals surface area contributed by atoms with Crippen LogP contribution in [0.25, 0.3) is 0 Å². The van der Waals surface area contributed by atoms with Crippen LogP contribution >= 0.6 is 26.3 Å². The normalized spacial score (nSPS) is 16.9. The van der Waals surface area contributed by atoms with Gasteiger partial charge in [-0.05, 0) is 0 Å². The Morgan fingerprint density at radius 2 is 1.50 bits per heavy atom. The van der Waals surface area contributed by atoms with Gasteiger partial charge in [0.25, 0.3) is 0 Å². The maximum absolute atomic E-state index is 2.76. The molecule has 0 fully saturated rings. The van der Waals surface area contributed by atoms with Crippen LogP contribution in [0.15, 0.2) is 0 Å². The van der Waals surface area contributed by atoms with Gasteiger partial charge in [-0.3, -0.25) is 0 Å². The quantitative estimate of drug-likeness (QED) is 0.539. The third kappa shape index (κ3) is 2.07. The van der Waals surface area contributed by atoms with Gasteiger partial charge >= 0.3 is 78.6 Å². The van der Waals surface area contributed by atoms with E-state index < -0.39 is 4.25 Å². The van der Waals surface area contributed by atoms with Gasteiger partial charge in [0.2, 0.25) is 0 Å². The summed E-state index contributed by atoms with van der Waals surface area (Å²) in [5, 5.41) is 0. The molecule has 0 aromatic heterocycles. The summed E-state index contributed by atoms with van der Waals surface area (Å²) in [6.45, 7) is 11.9. The first kappa shape index (κ1) is 11.2. The second kappa shape index (κ2) is 3.26. The third-order valence-corrected chi connectivity index (χ3v) is 16.8. The number of hydrogen-bond donors (Lipinski definition) is 0. The summed E-state index contributed by atoms with van der Waals surface area (Å²) in [4.78, 5) is 0. The summed E-state index contributed by atoms with van der Waals surface area (Å²) in [5.74, 6) is 0. The van der Waals surface area contributed by atoms with E-state index in [1.807, 2.05) is 0 Å². The Morgan fingerprint density at radius 3 is 1.50 bits per heavy atom. The molecular weight excluding hydrogens is 254 g/mol. The van der Waals surface area contributed by atoms with Crippen molar-refractivity contribution in [2.45, 2.75) is 33.4 Å². The predicted octanol–water partition coefficient (Wildman–Crippen LogP) is 3.97. The SMILES string of the molecule is CCP(C)(I)(CC)C(C)C. The van der Waals surface area contributed by atoms with Gasteiger partial charge in [0.1, 0.15) is 0 Å². The number of halogens is 1. The van der Waals surface area contributed by atoms with Gasteiger partial charge in [0, 0.05) is 0 Å². The molecule has 10 heavy (non-hydrogen) atoms. The van der Waals surface area contributed by atoms with Crippen LogP contribution in [0, 0.1) is 0 Å². The molecule has 0 bridgehead atoms. The molecule has 0 aliphatic heterocycles. The molecule has 0 spiro atoms. The van der Waals surface area contributed by atoms with E-state index in [2.05, 4.69) is 56.4 Å².